The van der Waals surface area contributed by atoms with Crippen LogP contribution in [0.5, 0.6) is 5.75 Å². The van der Waals surface area contributed by atoms with Gasteiger partial charge in [0.25, 0.3) is 0 Å². The molecule has 9 heteroatoms. The van der Waals surface area contributed by atoms with Crippen LogP contribution in [-0.2, 0) is 16.0 Å². The Kier molecular flexibility index (Phi) is 10.2. The van der Waals surface area contributed by atoms with Gasteiger partial charge in [-0.3, -0.25) is 0 Å². The smallest absolute Gasteiger partial charge is 0.328 e. The van der Waals surface area contributed by atoms with E-state index in [2.05, 4.69) is 15.1 Å². The van der Waals surface area contributed by atoms with Crippen LogP contribution in [0, 0.1) is 0 Å². The molecule has 9 nitrogen and oxygen atoms in total. The molecule has 0 unspecified atom stereocenters. The highest BCUT2D eigenvalue weighted by molar-refractivity contribution is 6.00. The minimum Gasteiger partial charge on any atom is -0.494 e. The first kappa shape index (κ1) is 22.4. The van der Waals surface area contributed by atoms with E-state index in [0.717, 1.165) is 29.8 Å². The number of H-pyrrole nitrogens is 1. The Hall–Kier alpha value is -3.62. The molecule has 1 aromatic heterocycles. The van der Waals surface area contributed by atoms with Gasteiger partial charge in [0.2, 0.25) is 0 Å². The Morgan fingerprint density at radius 2 is 1.82 bits per heavy atom. The average Bonchev–Trinajstić information content (AvgIpc) is 3.20. The number of aliphatic carboxylic acids is 2. The molecule has 0 bridgehead atoms. The largest absolute Gasteiger partial charge is 0.494 e. The van der Waals surface area contributed by atoms with E-state index in [4.69, 9.17) is 20.2 Å². The van der Waals surface area contributed by atoms with Crippen molar-refractivity contribution in [2.24, 2.45) is 5.16 Å². The zero-order valence-corrected chi connectivity index (χ0v) is 15.4. The Morgan fingerprint density at radius 1 is 1.18 bits per heavy atom. The van der Waals surface area contributed by atoms with Gasteiger partial charge >= 0.3 is 11.9 Å². The second kappa shape index (κ2) is 12.7. The number of rotatable bonds is 9. The summed E-state index contributed by atoms with van der Waals surface area (Å²) in [5.41, 5.74) is 2.71. The highest BCUT2D eigenvalue weighted by Crippen LogP contribution is 2.14. The standard InChI is InChI=1S/C15H19N3O2.C4H4O4/c1-2-15(18-19)12-5-7-14(8-6-12)20-9-3-4-13-10-16-11-17-13;5-3(6)1-2-4(7)8/h5-8,10-11,19H,2-4,9H2,1H3,(H,16,17);1-2H,(H,5,6)(H,7,8)/b18-15+;2-1-. The SMILES string of the molecule is CC/C(=N\O)c1ccc(OCCCc2cnc[nH]2)cc1.O=C(O)/C=C\C(=O)O. The lowest BCUT2D eigenvalue weighted by Gasteiger charge is -2.07. The first-order valence-corrected chi connectivity index (χ1v) is 8.51. The molecule has 0 saturated carbocycles. The normalized spacial score (nSPS) is 11.0. The number of imidazole rings is 1. The summed E-state index contributed by atoms with van der Waals surface area (Å²) in [6, 6.07) is 7.60. The van der Waals surface area contributed by atoms with Gasteiger partial charge in [-0.2, -0.15) is 0 Å². The molecule has 1 aromatic carbocycles. The minimum absolute atomic E-state index is 0.558. The summed E-state index contributed by atoms with van der Waals surface area (Å²) in [6.45, 7) is 2.61. The number of ether oxygens (including phenoxy) is 1. The van der Waals surface area contributed by atoms with Gasteiger partial charge in [-0.25, -0.2) is 14.6 Å². The van der Waals surface area contributed by atoms with Gasteiger partial charge in [-0.15, -0.1) is 0 Å². The number of hydrogen-bond donors (Lipinski definition) is 4. The molecule has 4 N–H and O–H groups in total. The molecule has 0 aliphatic rings. The zero-order valence-electron chi connectivity index (χ0n) is 15.4. The zero-order chi connectivity index (χ0) is 20.8. The number of aryl methyl sites for hydroxylation is 1. The first-order chi connectivity index (χ1) is 13.5. The van der Waals surface area contributed by atoms with Crippen LogP contribution in [0.2, 0.25) is 0 Å². The summed E-state index contributed by atoms with van der Waals surface area (Å²) >= 11 is 0. The Balaban J connectivity index is 0.000000416. The predicted octanol–water partition coefficient (Wildman–Crippen LogP) is 2.72. The number of oxime groups is 1. The monoisotopic (exact) mass is 389 g/mol. The van der Waals surface area contributed by atoms with Crippen molar-refractivity contribution in [2.75, 3.05) is 6.61 Å². The molecule has 28 heavy (non-hydrogen) atoms. The lowest BCUT2D eigenvalue weighted by molar-refractivity contribution is -0.134. The molecule has 2 rings (SSSR count). The summed E-state index contributed by atoms with van der Waals surface area (Å²) in [7, 11) is 0. The van der Waals surface area contributed by atoms with Gasteiger partial charge in [0.1, 0.15) is 5.75 Å². The van der Waals surface area contributed by atoms with E-state index in [-0.39, 0.29) is 0 Å². The summed E-state index contributed by atoms with van der Waals surface area (Å²) in [6.07, 6.45) is 7.18. The van der Waals surface area contributed by atoms with Crippen molar-refractivity contribution in [3.8, 4) is 5.75 Å². The summed E-state index contributed by atoms with van der Waals surface area (Å²) in [5, 5.41) is 27.8. The van der Waals surface area contributed by atoms with Crippen LogP contribution >= 0.6 is 0 Å². The molecular weight excluding hydrogens is 366 g/mol. The second-order valence-electron chi connectivity index (χ2n) is 5.46. The minimum atomic E-state index is -1.26. The van der Waals surface area contributed by atoms with Crippen LogP contribution in [-0.4, -0.2) is 49.6 Å². The molecule has 150 valence electrons. The number of carboxylic acids is 2. The number of hydrogen-bond acceptors (Lipinski definition) is 6. The Morgan fingerprint density at radius 3 is 2.29 bits per heavy atom. The lowest BCUT2D eigenvalue weighted by Crippen LogP contribution is -2.01. The van der Waals surface area contributed by atoms with Crippen LogP contribution in [0.1, 0.15) is 31.0 Å². The number of aromatic nitrogens is 2. The molecule has 0 aliphatic heterocycles. The Labute approximate surface area is 162 Å². The summed E-state index contributed by atoms with van der Waals surface area (Å²) < 4.78 is 5.67. The third-order valence-corrected chi connectivity index (χ3v) is 3.43. The molecule has 0 spiro atoms. The number of benzene rings is 1. The van der Waals surface area contributed by atoms with E-state index >= 15 is 0 Å². The summed E-state index contributed by atoms with van der Waals surface area (Å²) in [4.78, 5) is 26.1. The van der Waals surface area contributed by atoms with Gasteiger partial charge in [-0.1, -0.05) is 12.1 Å². The van der Waals surface area contributed by atoms with Crippen LogP contribution < -0.4 is 4.74 Å². The van der Waals surface area contributed by atoms with Gasteiger partial charge in [-0.05, 0) is 49.1 Å². The van der Waals surface area contributed by atoms with Crippen LogP contribution in [0.25, 0.3) is 0 Å². The van der Waals surface area contributed by atoms with Crippen molar-refractivity contribution < 1.29 is 29.7 Å². The highest BCUT2D eigenvalue weighted by Gasteiger charge is 2.02. The van der Waals surface area contributed by atoms with E-state index in [0.29, 0.717) is 30.9 Å². The molecule has 0 radical (unpaired) electrons. The fraction of sp³-hybridized carbons (Fsp3) is 0.263. The number of nitrogens with one attached hydrogen (secondary N) is 1. The molecule has 0 saturated heterocycles. The van der Waals surface area contributed by atoms with E-state index < -0.39 is 11.9 Å². The molecule has 0 aliphatic carbocycles. The fourth-order valence-corrected chi connectivity index (χ4v) is 2.09. The maximum Gasteiger partial charge on any atom is 0.328 e. The predicted molar refractivity (Wildman–Crippen MR) is 102 cm³/mol. The molecule has 1 heterocycles. The van der Waals surface area contributed by atoms with Gasteiger partial charge in [0, 0.05) is 24.0 Å². The van der Waals surface area contributed by atoms with Gasteiger partial charge in [0.05, 0.1) is 18.6 Å². The van der Waals surface area contributed by atoms with Crippen molar-refractivity contribution in [1.29, 1.82) is 0 Å². The third-order valence-electron chi connectivity index (χ3n) is 3.43. The second-order valence-corrected chi connectivity index (χ2v) is 5.46. The molecular formula is C19H23N3O6. The Bertz CT molecular complexity index is 767. The van der Waals surface area contributed by atoms with Gasteiger partial charge in [0.15, 0.2) is 0 Å². The van der Waals surface area contributed by atoms with E-state index in [1.54, 1.807) is 6.33 Å². The van der Waals surface area contributed by atoms with Crippen LogP contribution in [0.15, 0.2) is 54.1 Å². The number of carbonyl (C=O) groups is 2. The van der Waals surface area contributed by atoms with Crippen molar-refractivity contribution in [3.05, 3.63) is 60.2 Å². The van der Waals surface area contributed by atoms with E-state index in [1.807, 2.05) is 37.4 Å². The molecule has 0 atom stereocenters. The first-order valence-electron chi connectivity index (χ1n) is 8.51. The highest BCUT2D eigenvalue weighted by atomic mass is 16.5. The quantitative estimate of drug-likeness (QED) is 0.170. The van der Waals surface area contributed by atoms with Crippen LogP contribution in [0.4, 0.5) is 0 Å². The molecule has 2 aromatic rings. The van der Waals surface area contributed by atoms with Crippen LogP contribution in [0.3, 0.4) is 0 Å². The number of nitrogens with zero attached hydrogens (tertiary/aromatic N) is 2. The maximum atomic E-state index is 9.55. The molecule has 0 fully saturated rings. The number of carboxylic acid groups (broad SMARTS) is 2. The van der Waals surface area contributed by atoms with E-state index in [1.165, 1.54) is 0 Å². The van der Waals surface area contributed by atoms with Crippen molar-refractivity contribution in [2.45, 2.75) is 26.2 Å². The average molecular weight is 389 g/mol. The van der Waals surface area contributed by atoms with Crippen molar-refractivity contribution in [1.82, 2.24) is 9.97 Å². The van der Waals surface area contributed by atoms with Crippen molar-refractivity contribution >= 4 is 17.7 Å². The maximum absolute atomic E-state index is 9.55. The topological polar surface area (TPSA) is 145 Å². The van der Waals surface area contributed by atoms with Gasteiger partial charge < -0.3 is 25.1 Å². The third kappa shape index (κ3) is 9.18. The van der Waals surface area contributed by atoms with E-state index in [9.17, 15) is 9.59 Å². The molecule has 0 amide bonds. The van der Waals surface area contributed by atoms with Crippen molar-refractivity contribution in [3.63, 3.8) is 0 Å². The summed E-state index contributed by atoms with van der Waals surface area (Å²) in [5.74, 6) is -1.69. The fourth-order valence-electron chi connectivity index (χ4n) is 2.09. The number of aromatic amines is 1. The lowest BCUT2D eigenvalue weighted by atomic mass is 10.1.